The molecule has 0 atom stereocenters. The smallest absolute Gasteiger partial charge is 0.311 e. The Balaban J connectivity index is 2.51. The maximum absolute atomic E-state index is 11.7. The van der Waals surface area contributed by atoms with Gasteiger partial charge in [-0.3, -0.25) is 14.6 Å². The molecule has 0 spiro atoms. The van der Waals surface area contributed by atoms with Crippen LogP contribution >= 0.6 is 12.2 Å². The third kappa shape index (κ3) is 4.46. The molecule has 18 heavy (non-hydrogen) atoms. The highest BCUT2D eigenvalue weighted by Crippen LogP contribution is 1.98. The van der Waals surface area contributed by atoms with E-state index in [1.165, 1.54) is 11.9 Å². The van der Waals surface area contributed by atoms with Crippen LogP contribution in [-0.2, 0) is 16.1 Å². The summed E-state index contributed by atoms with van der Waals surface area (Å²) in [7, 11) is 1.53. The van der Waals surface area contributed by atoms with E-state index in [0.29, 0.717) is 5.69 Å². The van der Waals surface area contributed by atoms with Crippen molar-refractivity contribution in [3.63, 3.8) is 0 Å². The molecule has 2 amide bonds. The number of hydrogen-bond donors (Lipinski definition) is 2. The number of nitrogens with one attached hydrogen (secondary N) is 1. The monoisotopic (exact) mass is 266 g/mol. The van der Waals surface area contributed by atoms with Crippen LogP contribution in [0.4, 0.5) is 0 Å². The number of rotatable bonds is 4. The quantitative estimate of drug-likeness (QED) is 0.563. The number of aromatic nitrogens is 1. The number of amides is 2. The topological polar surface area (TPSA) is 88.3 Å². The molecule has 0 fully saturated rings. The standard InChI is InChI=1S/C11H14N4O2S/c1-15(7-8-4-2-3-5-13-8)11(17)10(16)14-6-9(12)18/h2-5H,6-7H2,1H3,(H2,12,18)(H,14,16). The van der Waals surface area contributed by atoms with Crippen LogP contribution in [0.3, 0.4) is 0 Å². The molecule has 1 aromatic rings. The summed E-state index contributed by atoms with van der Waals surface area (Å²) in [6, 6.07) is 5.37. The highest BCUT2D eigenvalue weighted by atomic mass is 32.1. The average molecular weight is 266 g/mol. The van der Waals surface area contributed by atoms with Crippen molar-refractivity contribution in [2.75, 3.05) is 13.6 Å². The van der Waals surface area contributed by atoms with Gasteiger partial charge >= 0.3 is 11.8 Å². The number of carbonyl (C=O) groups excluding carboxylic acids is 2. The van der Waals surface area contributed by atoms with Crippen LogP contribution in [0.5, 0.6) is 0 Å². The number of thiocarbonyl (C=S) groups is 1. The van der Waals surface area contributed by atoms with Crippen molar-refractivity contribution in [1.82, 2.24) is 15.2 Å². The first-order chi connectivity index (χ1) is 8.50. The molecule has 0 saturated carbocycles. The summed E-state index contributed by atoms with van der Waals surface area (Å²) in [6.45, 7) is 0.275. The van der Waals surface area contributed by atoms with E-state index < -0.39 is 11.8 Å². The van der Waals surface area contributed by atoms with E-state index in [0.717, 1.165) is 0 Å². The van der Waals surface area contributed by atoms with Crippen LogP contribution < -0.4 is 11.1 Å². The molecule has 0 bridgehead atoms. The van der Waals surface area contributed by atoms with Crippen molar-refractivity contribution in [2.24, 2.45) is 5.73 Å². The van der Waals surface area contributed by atoms with Crippen LogP contribution in [0.2, 0.25) is 0 Å². The summed E-state index contributed by atoms with van der Waals surface area (Å²) in [5, 5.41) is 2.33. The molecule has 1 aromatic heterocycles. The Morgan fingerprint density at radius 2 is 2.22 bits per heavy atom. The highest BCUT2D eigenvalue weighted by Gasteiger charge is 2.18. The highest BCUT2D eigenvalue weighted by molar-refractivity contribution is 7.80. The van der Waals surface area contributed by atoms with Gasteiger partial charge < -0.3 is 16.0 Å². The predicted molar refractivity (Wildman–Crippen MR) is 70.5 cm³/mol. The Morgan fingerprint density at radius 1 is 1.50 bits per heavy atom. The van der Waals surface area contributed by atoms with Gasteiger partial charge in [-0.15, -0.1) is 0 Å². The summed E-state index contributed by atoms with van der Waals surface area (Å²) in [4.78, 5) is 28.6. The van der Waals surface area contributed by atoms with Gasteiger partial charge in [-0.1, -0.05) is 18.3 Å². The number of hydrogen-bond acceptors (Lipinski definition) is 4. The molecule has 0 radical (unpaired) electrons. The average Bonchev–Trinajstić information content (AvgIpc) is 2.36. The van der Waals surface area contributed by atoms with Gasteiger partial charge in [-0.2, -0.15) is 0 Å². The van der Waals surface area contributed by atoms with Gasteiger partial charge in [0, 0.05) is 13.2 Å². The normalized spacial score (nSPS) is 9.61. The van der Waals surface area contributed by atoms with Gasteiger partial charge in [0.15, 0.2) is 0 Å². The largest absolute Gasteiger partial charge is 0.392 e. The molecular weight excluding hydrogens is 252 g/mol. The SMILES string of the molecule is CN(Cc1ccccn1)C(=O)C(=O)NCC(N)=S. The molecule has 0 saturated heterocycles. The van der Waals surface area contributed by atoms with Crippen molar-refractivity contribution >= 4 is 29.0 Å². The second-order valence-electron chi connectivity index (χ2n) is 3.63. The summed E-state index contributed by atoms with van der Waals surface area (Å²) < 4.78 is 0. The minimum atomic E-state index is -0.735. The first kappa shape index (κ1) is 14.0. The second kappa shape index (κ2) is 6.65. The van der Waals surface area contributed by atoms with E-state index in [2.05, 4.69) is 22.5 Å². The van der Waals surface area contributed by atoms with E-state index in [1.807, 2.05) is 6.07 Å². The Hall–Kier alpha value is -2.02. The van der Waals surface area contributed by atoms with Crippen molar-refractivity contribution in [2.45, 2.75) is 6.54 Å². The number of nitrogens with two attached hydrogens (primary N) is 1. The molecule has 1 rings (SSSR count). The third-order valence-corrected chi connectivity index (χ3v) is 2.23. The Morgan fingerprint density at radius 3 is 2.78 bits per heavy atom. The zero-order valence-electron chi connectivity index (χ0n) is 9.92. The summed E-state index contributed by atoms with van der Waals surface area (Å²) in [5.74, 6) is -1.39. The molecule has 0 aliphatic carbocycles. The zero-order valence-corrected chi connectivity index (χ0v) is 10.7. The predicted octanol–water partition coefficient (Wildman–Crippen LogP) is -0.558. The fourth-order valence-electron chi connectivity index (χ4n) is 1.22. The molecule has 3 N–H and O–H groups in total. The van der Waals surface area contributed by atoms with Crippen LogP contribution in [0.25, 0.3) is 0 Å². The van der Waals surface area contributed by atoms with Crippen molar-refractivity contribution < 1.29 is 9.59 Å². The molecule has 1 heterocycles. The van der Waals surface area contributed by atoms with Crippen LogP contribution in [0, 0.1) is 0 Å². The fraction of sp³-hybridized carbons (Fsp3) is 0.273. The summed E-state index contributed by atoms with van der Waals surface area (Å²) >= 11 is 4.60. The molecular formula is C11H14N4O2S. The first-order valence-corrected chi connectivity index (χ1v) is 5.63. The van der Waals surface area contributed by atoms with E-state index in [-0.39, 0.29) is 18.1 Å². The lowest BCUT2D eigenvalue weighted by molar-refractivity contribution is -0.145. The van der Waals surface area contributed by atoms with Gasteiger partial charge in [0.1, 0.15) is 0 Å². The Kier molecular flexibility index (Phi) is 5.19. The van der Waals surface area contributed by atoms with E-state index in [4.69, 9.17) is 5.73 Å². The van der Waals surface area contributed by atoms with Crippen molar-refractivity contribution in [3.8, 4) is 0 Å². The molecule has 0 unspecified atom stereocenters. The van der Waals surface area contributed by atoms with E-state index >= 15 is 0 Å². The Labute approximate surface area is 110 Å². The lowest BCUT2D eigenvalue weighted by atomic mass is 10.3. The van der Waals surface area contributed by atoms with Crippen molar-refractivity contribution in [1.29, 1.82) is 0 Å². The zero-order chi connectivity index (χ0) is 13.5. The lowest BCUT2D eigenvalue weighted by Crippen LogP contribution is -2.43. The van der Waals surface area contributed by atoms with Gasteiger partial charge in [-0.05, 0) is 12.1 Å². The molecule has 0 aliphatic rings. The number of nitrogens with zero attached hydrogens (tertiary/aromatic N) is 2. The fourth-order valence-corrected chi connectivity index (χ4v) is 1.29. The summed E-state index contributed by atoms with van der Waals surface area (Å²) in [5.41, 5.74) is 5.93. The van der Waals surface area contributed by atoms with Crippen molar-refractivity contribution in [3.05, 3.63) is 30.1 Å². The third-order valence-electron chi connectivity index (χ3n) is 2.09. The first-order valence-electron chi connectivity index (χ1n) is 5.22. The molecule has 96 valence electrons. The second-order valence-corrected chi connectivity index (χ2v) is 4.16. The maximum Gasteiger partial charge on any atom is 0.311 e. The van der Waals surface area contributed by atoms with E-state index in [1.54, 1.807) is 18.3 Å². The lowest BCUT2D eigenvalue weighted by Gasteiger charge is -2.15. The molecule has 0 aromatic carbocycles. The molecule has 0 aliphatic heterocycles. The molecule has 6 nitrogen and oxygen atoms in total. The maximum atomic E-state index is 11.7. The van der Waals surface area contributed by atoms with Gasteiger partial charge in [0.2, 0.25) is 0 Å². The number of carbonyl (C=O) groups is 2. The summed E-state index contributed by atoms with van der Waals surface area (Å²) in [6.07, 6.45) is 1.63. The minimum absolute atomic E-state index is 0.0112. The van der Waals surface area contributed by atoms with Crippen LogP contribution in [-0.4, -0.2) is 40.3 Å². The van der Waals surface area contributed by atoms with Crippen LogP contribution in [0.1, 0.15) is 5.69 Å². The minimum Gasteiger partial charge on any atom is -0.392 e. The Bertz CT molecular complexity index is 450. The van der Waals surface area contributed by atoms with Gasteiger partial charge in [0.25, 0.3) is 0 Å². The van der Waals surface area contributed by atoms with Gasteiger partial charge in [-0.25, -0.2) is 0 Å². The van der Waals surface area contributed by atoms with Gasteiger partial charge in [0.05, 0.1) is 23.8 Å². The number of likely N-dealkylation sites (N-methyl/N-ethyl adjacent to an activating group) is 1. The number of pyridine rings is 1. The molecule has 7 heteroatoms. The van der Waals surface area contributed by atoms with E-state index in [9.17, 15) is 9.59 Å². The van der Waals surface area contributed by atoms with Crippen LogP contribution in [0.15, 0.2) is 24.4 Å².